The van der Waals surface area contributed by atoms with Crippen molar-refractivity contribution in [2.24, 2.45) is 0 Å². The zero-order chi connectivity index (χ0) is 16.2. The Labute approximate surface area is 142 Å². The first-order chi connectivity index (χ1) is 11.1. The van der Waals surface area contributed by atoms with Crippen molar-refractivity contribution in [3.05, 3.63) is 52.6 Å². The van der Waals surface area contributed by atoms with Crippen LogP contribution in [0, 0.1) is 0 Å². The van der Waals surface area contributed by atoms with E-state index in [0.717, 1.165) is 12.2 Å². The number of benzene rings is 1. The quantitative estimate of drug-likeness (QED) is 0.731. The second-order valence-electron chi connectivity index (χ2n) is 4.68. The summed E-state index contributed by atoms with van der Waals surface area (Å²) in [6.45, 7) is 2.73. The first-order valence-electron chi connectivity index (χ1n) is 6.97. The van der Waals surface area contributed by atoms with Gasteiger partial charge in [-0.2, -0.15) is 5.10 Å². The molecule has 1 aromatic carbocycles. The van der Waals surface area contributed by atoms with Crippen molar-refractivity contribution >= 4 is 45.5 Å². The van der Waals surface area contributed by atoms with Gasteiger partial charge >= 0.3 is 0 Å². The molecular formula is C15H14ClN5OS. The number of nitrogens with zero attached hydrogens (tertiary/aromatic N) is 3. The molecule has 23 heavy (non-hydrogen) atoms. The largest absolute Gasteiger partial charge is 0.332 e. The number of amides is 1. The van der Waals surface area contributed by atoms with Crippen LogP contribution in [0.25, 0.3) is 0 Å². The first kappa shape index (κ1) is 15.5. The van der Waals surface area contributed by atoms with E-state index < -0.39 is 0 Å². The van der Waals surface area contributed by atoms with E-state index in [1.165, 1.54) is 11.3 Å². The third-order valence-corrected chi connectivity index (χ3v) is 4.05. The smallest absolute Gasteiger partial charge is 0.276 e. The fraction of sp³-hybridized carbons (Fsp3) is 0.133. The van der Waals surface area contributed by atoms with Gasteiger partial charge in [0.15, 0.2) is 10.9 Å². The third kappa shape index (κ3) is 3.88. The number of hydrogen-bond donors (Lipinski definition) is 2. The van der Waals surface area contributed by atoms with Crippen molar-refractivity contribution in [2.45, 2.75) is 13.5 Å². The van der Waals surface area contributed by atoms with Crippen LogP contribution in [-0.2, 0) is 6.54 Å². The molecule has 0 unspecified atom stereocenters. The van der Waals surface area contributed by atoms with Gasteiger partial charge in [0.05, 0.1) is 0 Å². The van der Waals surface area contributed by atoms with Gasteiger partial charge < -0.3 is 10.6 Å². The molecule has 2 heterocycles. The number of carbonyl (C=O) groups is 1. The highest BCUT2D eigenvalue weighted by molar-refractivity contribution is 7.14. The number of aromatic nitrogens is 3. The first-order valence-corrected chi connectivity index (χ1v) is 8.22. The Balaban J connectivity index is 1.66. The van der Waals surface area contributed by atoms with Gasteiger partial charge in [-0.15, -0.1) is 11.3 Å². The second kappa shape index (κ2) is 6.80. The van der Waals surface area contributed by atoms with Gasteiger partial charge in [-0.25, -0.2) is 4.98 Å². The summed E-state index contributed by atoms with van der Waals surface area (Å²) >= 11 is 7.20. The lowest BCUT2D eigenvalue weighted by molar-refractivity contribution is 0.102. The minimum atomic E-state index is -0.285. The Morgan fingerprint density at radius 1 is 1.30 bits per heavy atom. The molecule has 0 aliphatic rings. The maximum absolute atomic E-state index is 12.2. The van der Waals surface area contributed by atoms with E-state index in [0.29, 0.717) is 21.7 Å². The van der Waals surface area contributed by atoms with Gasteiger partial charge in [-0.3, -0.25) is 9.48 Å². The van der Waals surface area contributed by atoms with Gasteiger partial charge in [-0.05, 0) is 31.2 Å². The summed E-state index contributed by atoms with van der Waals surface area (Å²) in [6, 6.07) is 9.02. The molecule has 8 heteroatoms. The maximum atomic E-state index is 12.2. The number of anilines is 3. The topological polar surface area (TPSA) is 71.8 Å². The lowest BCUT2D eigenvalue weighted by atomic mass is 10.3. The predicted octanol–water partition coefficient (Wildman–Crippen LogP) is 4.01. The number of rotatable bonds is 5. The molecule has 0 aliphatic heterocycles. The standard InChI is InChI=1S/C15H14ClN5OS/c1-2-21-8-7-13(20-21)19-14(22)12-9-23-15(18-12)17-11-5-3-10(16)4-6-11/h3-9H,2H2,1H3,(H,17,18)(H,19,20,22). The highest BCUT2D eigenvalue weighted by Gasteiger charge is 2.12. The molecule has 0 radical (unpaired) electrons. The maximum Gasteiger partial charge on any atom is 0.276 e. The minimum Gasteiger partial charge on any atom is -0.332 e. The summed E-state index contributed by atoms with van der Waals surface area (Å²) in [6.07, 6.45) is 1.81. The number of nitrogens with one attached hydrogen (secondary N) is 2. The highest BCUT2D eigenvalue weighted by atomic mass is 35.5. The van der Waals surface area contributed by atoms with Crippen molar-refractivity contribution in [2.75, 3.05) is 10.6 Å². The second-order valence-corrected chi connectivity index (χ2v) is 5.98. The molecule has 3 aromatic rings. The molecule has 0 fully saturated rings. The van der Waals surface area contributed by atoms with Crippen molar-refractivity contribution in [3.8, 4) is 0 Å². The average Bonchev–Trinajstić information content (AvgIpc) is 3.19. The fourth-order valence-corrected chi connectivity index (χ4v) is 2.71. The zero-order valence-electron chi connectivity index (χ0n) is 12.3. The number of thiazole rings is 1. The Hall–Kier alpha value is -2.38. The van der Waals surface area contributed by atoms with Crippen LogP contribution in [-0.4, -0.2) is 20.7 Å². The summed E-state index contributed by atoms with van der Waals surface area (Å²) in [4.78, 5) is 16.4. The summed E-state index contributed by atoms with van der Waals surface area (Å²) in [5.74, 6) is 0.226. The Morgan fingerprint density at radius 2 is 2.09 bits per heavy atom. The van der Waals surface area contributed by atoms with Gasteiger partial charge in [0.1, 0.15) is 5.69 Å². The molecule has 0 bridgehead atoms. The molecule has 0 spiro atoms. The lowest BCUT2D eigenvalue weighted by Gasteiger charge is -2.02. The SMILES string of the molecule is CCn1ccc(NC(=O)c2csc(Nc3ccc(Cl)cc3)n2)n1. The molecule has 2 N–H and O–H groups in total. The Bertz CT molecular complexity index is 811. The monoisotopic (exact) mass is 347 g/mol. The molecular weight excluding hydrogens is 334 g/mol. The molecule has 118 valence electrons. The van der Waals surface area contributed by atoms with E-state index in [-0.39, 0.29) is 5.91 Å². The van der Waals surface area contributed by atoms with Crippen LogP contribution in [0.3, 0.4) is 0 Å². The number of carbonyl (C=O) groups excluding carboxylic acids is 1. The highest BCUT2D eigenvalue weighted by Crippen LogP contribution is 2.22. The van der Waals surface area contributed by atoms with Gasteiger partial charge in [0.2, 0.25) is 0 Å². The van der Waals surface area contributed by atoms with Crippen LogP contribution in [0.2, 0.25) is 5.02 Å². The van der Waals surface area contributed by atoms with Gasteiger partial charge in [-0.1, -0.05) is 11.6 Å². The summed E-state index contributed by atoms with van der Waals surface area (Å²) < 4.78 is 1.74. The van der Waals surface area contributed by atoms with Crippen LogP contribution >= 0.6 is 22.9 Å². The van der Waals surface area contributed by atoms with Crippen LogP contribution in [0.5, 0.6) is 0 Å². The number of halogens is 1. The van der Waals surface area contributed by atoms with Gasteiger partial charge in [0, 0.05) is 34.9 Å². The molecule has 2 aromatic heterocycles. The van der Waals surface area contributed by atoms with Crippen molar-refractivity contribution < 1.29 is 4.79 Å². The normalized spacial score (nSPS) is 10.5. The minimum absolute atomic E-state index is 0.285. The van der Waals surface area contributed by atoms with E-state index in [1.54, 1.807) is 28.3 Å². The van der Waals surface area contributed by atoms with Crippen molar-refractivity contribution in [1.29, 1.82) is 0 Å². The molecule has 3 rings (SSSR count). The van der Waals surface area contributed by atoms with Crippen LogP contribution < -0.4 is 10.6 Å². The fourth-order valence-electron chi connectivity index (χ4n) is 1.88. The van der Waals surface area contributed by atoms with E-state index in [1.807, 2.05) is 25.3 Å². The predicted molar refractivity (Wildman–Crippen MR) is 92.7 cm³/mol. The third-order valence-electron chi connectivity index (χ3n) is 3.04. The lowest BCUT2D eigenvalue weighted by Crippen LogP contribution is -2.13. The molecule has 6 nitrogen and oxygen atoms in total. The Kier molecular flexibility index (Phi) is 4.59. The van der Waals surface area contributed by atoms with E-state index in [2.05, 4.69) is 20.7 Å². The molecule has 0 saturated heterocycles. The molecule has 0 saturated carbocycles. The van der Waals surface area contributed by atoms with Crippen molar-refractivity contribution in [1.82, 2.24) is 14.8 Å². The summed E-state index contributed by atoms with van der Waals surface area (Å²) in [5.41, 5.74) is 1.20. The van der Waals surface area contributed by atoms with E-state index >= 15 is 0 Å². The summed E-state index contributed by atoms with van der Waals surface area (Å²) in [7, 11) is 0. The van der Waals surface area contributed by atoms with E-state index in [4.69, 9.17) is 11.6 Å². The summed E-state index contributed by atoms with van der Waals surface area (Å²) in [5, 5.41) is 13.1. The number of aryl methyl sites for hydroxylation is 1. The van der Waals surface area contributed by atoms with Crippen molar-refractivity contribution in [3.63, 3.8) is 0 Å². The zero-order valence-corrected chi connectivity index (χ0v) is 13.9. The number of hydrogen-bond acceptors (Lipinski definition) is 5. The van der Waals surface area contributed by atoms with Crippen LogP contribution in [0.1, 0.15) is 17.4 Å². The molecule has 0 atom stereocenters. The molecule has 1 amide bonds. The average molecular weight is 348 g/mol. The Morgan fingerprint density at radius 3 is 2.78 bits per heavy atom. The van der Waals surface area contributed by atoms with Gasteiger partial charge in [0.25, 0.3) is 5.91 Å². The molecule has 0 aliphatic carbocycles. The van der Waals surface area contributed by atoms with Crippen LogP contribution in [0.4, 0.5) is 16.6 Å². The van der Waals surface area contributed by atoms with Crippen LogP contribution in [0.15, 0.2) is 41.9 Å². The van der Waals surface area contributed by atoms with E-state index in [9.17, 15) is 4.79 Å².